The second kappa shape index (κ2) is 7.17. The molecular formula is C18H15Cl2N3O2. The molecule has 2 aromatic carbocycles. The van der Waals surface area contributed by atoms with E-state index in [0.29, 0.717) is 28.1 Å². The molecular weight excluding hydrogens is 361 g/mol. The highest BCUT2D eigenvalue weighted by Crippen LogP contribution is 2.23. The van der Waals surface area contributed by atoms with Gasteiger partial charge >= 0.3 is 0 Å². The Morgan fingerprint density at radius 2 is 1.92 bits per heavy atom. The van der Waals surface area contributed by atoms with Crippen molar-refractivity contribution >= 4 is 41.1 Å². The van der Waals surface area contributed by atoms with Gasteiger partial charge in [-0.15, -0.1) is 0 Å². The molecule has 7 heteroatoms. The van der Waals surface area contributed by atoms with Gasteiger partial charge in [0.05, 0.1) is 0 Å². The van der Waals surface area contributed by atoms with E-state index in [2.05, 4.69) is 5.32 Å². The molecule has 2 aromatic rings. The summed E-state index contributed by atoms with van der Waals surface area (Å²) in [6.07, 6.45) is 1.72. The summed E-state index contributed by atoms with van der Waals surface area (Å²) in [6, 6.07) is 12.6. The van der Waals surface area contributed by atoms with Crippen LogP contribution < -0.4 is 10.1 Å². The molecule has 0 aliphatic carbocycles. The van der Waals surface area contributed by atoms with Gasteiger partial charge in [0.25, 0.3) is 5.91 Å². The average Bonchev–Trinajstić information content (AvgIpc) is 2.82. The Kier molecular flexibility index (Phi) is 4.97. The van der Waals surface area contributed by atoms with Crippen LogP contribution in [0.25, 0.3) is 6.08 Å². The van der Waals surface area contributed by atoms with E-state index in [1.54, 1.807) is 25.3 Å². The average molecular weight is 376 g/mol. The number of benzene rings is 2. The lowest BCUT2D eigenvalue weighted by atomic mass is 10.2. The summed E-state index contributed by atoms with van der Waals surface area (Å²) in [4.78, 5) is 13.3. The van der Waals surface area contributed by atoms with Crippen LogP contribution in [0.2, 0.25) is 10.0 Å². The Balaban J connectivity index is 1.68. The summed E-state index contributed by atoms with van der Waals surface area (Å²) < 4.78 is 5.72. The number of guanidine groups is 1. The lowest BCUT2D eigenvalue weighted by Gasteiger charge is -2.10. The number of carbonyl (C=O) groups is 1. The van der Waals surface area contributed by atoms with E-state index >= 15 is 0 Å². The Hall–Kier alpha value is -2.50. The van der Waals surface area contributed by atoms with E-state index in [4.69, 9.17) is 33.3 Å². The summed E-state index contributed by atoms with van der Waals surface area (Å²) in [5, 5.41) is 11.2. The fourth-order valence-corrected chi connectivity index (χ4v) is 2.77. The number of rotatable bonds is 4. The molecule has 0 spiro atoms. The largest absolute Gasteiger partial charge is 0.489 e. The first-order valence-corrected chi connectivity index (χ1v) is 8.22. The quantitative estimate of drug-likeness (QED) is 0.796. The van der Waals surface area contributed by atoms with Crippen molar-refractivity contribution in [2.75, 3.05) is 7.05 Å². The maximum Gasteiger partial charge on any atom is 0.274 e. The molecule has 1 aliphatic rings. The van der Waals surface area contributed by atoms with Crippen molar-refractivity contribution in [1.82, 2.24) is 10.2 Å². The van der Waals surface area contributed by atoms with E-state index in [9.17, 15) is 4.79 Å². The predicted molar refractivity (Wildman–Crippen MR) is 98.8 cm³/mol. The summed E-state index contributed by atoms with van der Waals surface area (Å²) in [7, 11) is 1.67. The molecule has 1 aliphatic heterocycles. The molecule has 0 bridgehead atoms. The van der Waals surface area contributed by atoms with E-state index in [-0.39, 0.29) is 11.9 Å². The second-order valence-corrected chi connectivity index (χ2v) is 6.33. The third-order valence-corrected chi connectivity index (χ3v) is 4.34. The van der Waals surface area contributed by atoms with E-state index < -0.39 is 0 Å². The Labute approximate surface area is 155 Å². The number of carbonyl (C=O) groups excluding carboxylic acids is 1. The molecule has 128 valence electrons. The molecule has 1 amide bonds. The van der Waals surface area contributed by atoms with Gasteiger partial charge in [0.1, 0.15) is 18.1 Å². The van der Waals surface area contributed by atoms with Crippen molar-refractivity contribution in [3.05, 3.63) is 69.3 Å². The number of likely N-dealkylation sites (N-methyl/N-ethyl adjacent to an activating group) is 1. The molecule has 0 radical (unpaired) electrons. The molecule has 0 unspecified atom stereocenters. The SMILES string of the molecule is CN1C(=N)NC(=O)C1=Cc1ccc(OCc2ccc(Cl)cc2Cl)cc1. The maximum absolute atomic E-state index is 11.8. The molecule has 1 fully saturated rings. The number of hydrogen-bond acceptors (Lipinski definition) is 3. The van der Waals surface area contributed by atoms with Crippen molar-refractivity contribution < 1.29 is 9.53 Å². The van der Waals surface area contributed by atoms with Crippen LogP contribution in [-0.2, 0) is 11.4 Å². The van der Waals surface area contributed by atoms with Gasteiger partial charge in [-0.05, 0) is 35.9 Å². The predicted octanol–water partition coefficient (Wildman–Crippen LogP) is 3.91. The minimum Gasteiger partial charge on any atom is -0.489 e. The zero-order valence-electron chi connectivity index (χ0n) is 13.3. The number of hydrogen-bond donors (Lipinski definition) is 2. The van der Waals surface area contributed by atoms with E-state index in [1.165, 1.54) is 4.90 Å². The van der Waals surface area contributed by atoms with Crippen LogP contribution in [0.3, 0.4) is 0 Å². The monoisotopic (exact) mass is 375 g/mol. The topological polar surface area (TPSA) is 65.4 Å². The zero-order valence-corrected chi connectivity index (χ0v) is 14.9. The molecule has 0 saturated carbocycles. The molecule has 3 rings (SSSR count). The maximum atomic E-state index is 11.8. The number of nitrogens with one attached hydrogen (secondary N) is 2. The molecule has 2 N–H and O–H groups in total. The van der Waals surface area contributed by atoms with Gasteiger partial charge in [-0.25, -0.2) is 0 Å². The first kappa shape index (κ1) is 17.3. The minimum absolute atomic E-state index is 0.0658. The highest BCUT2D eigenvalue weighted by atomic mass is 35.5. The Morgan fingerprint density at radius 3 is 2.52 bits per heavy atom. The summed E-state index contributed by atoms with van der Waals surface area (Å²) in [5.41, 5.74) is 2.11. The minimum atomic E-state index is -0.287. The molecule has 25 heavy (non-hydrogen) atoms. The molecule has 1 heterocycles. The van der Waals surface area contributed by atoms with Crippen LogP contribution in [0.4, 0.5) is 0 Å². The second-order valence-electron chi connectivity index (χ2n) is 5.48. The Bertz CT molecular complexity index is 863. The smallest absolute Gasteiger partial charge is 0.274 e. The lowest BCUT2D eigenvalue weighted by Crippen LogP contribution is -2.25. The third kappa shape index (κ3) is 3.95. The van der Waals surface area contributed by atoms with Gasteiger partial charge in [0.2, 0.25) is 5.96 Å². The number of nitrogens with zero attached hydrogens (tertiary/aromatic N) is 1. The van der Waals surface area contributed by atoms with Crippen molar-refractivity contribution in [3.8, 4) is 5.75 Å². The highest BCUT2D eigenvalue weighted by Gasteiger charge is 2.26. The summed E-state index contributed by atoms with van der Waals surface area (Å²) in [6.45, 7) is 0.332. The summed E-state index contributed by atoms with van der Waals surface area (Å²) in [5.74, 6) is 0.464. The van der Waals surface area contributed by atoms with Gasteiger partial charge in [-0.2, -0.15) is 0 Å². The fraction of sp³-hybridized carbons (Fsp3) is 0.111. The molecule has 0 atom stereocenters. The first-order valence-electron chi connectivity index (χ1n) is 7.46. The number of amides is 1. The highest BCUT2D eigenvalue weighted by molar-refractivity contribution is 6.35. The zero-order chi connectivity index (χ0) is 18.0. The fourth-order valence-electron chi connectivity index (χ4n) is 2.31. The molecule has 0 aromatic heterocycles. The number of ether oxygens (including phenoxy) is 1. The van der Waals surface area contributed by atoms with E-state index in [1.807, 2.05) is 30.3 Å². The standard InChI is InChI=1S/C18H15Cl2N3O2/c1-23-16(17(24)22-18(23)21)8-11-2-6-14(7-3-11)25-10-12-4-5-13(19)9-15(12)20/h2-9H,10H2,1H3,(H2,21,22,24). The molecule has 1 saturated heterocycles. The van der Waals surface area contributed by atoms with Crippen LogP contribution in [0.1, 0.15) is 11.1 Å². The van der Waals surface area contributed by atoms with Crippen molar-refractivity contribution in [2.24, 2.45) is 0 Å². The van der Waals surface area contributed by atoms with Crippen LogP contribution in [0.5, 0.6) is 5.75 Å². The third-order valence-electron chi connectivity index (χ3n) is 3.75. The summed E-state index contributed by atoms with van der Waals surface area (Å²) >= 11 is 12.0. The van der Waals surface area contributed by atoms with E-state index in [0.717, 1.165) is 11.1 Å². The number of halogens is 2. The van der Waals surface area contributed by atoms with Crippen LogP contribution in [0.15, 0.2) is 48.2 Å². The first-order chi connectivity index (χ1) is 11.9. The van der Waals surface area contributed by atoms with Crippen molar-refractivity contribution in [1.29, 1.82) is 5.41 Å². The van der Waals surface area contributed by atoms with Crippen molar-refractivity contribution in [2.45, 2.75) is 6.61 Å². The van der Waals surface area contributed by atoms with Crippen LogP contribution >= 0.6 is 23.2 Å². The van der Waals surface area contributed by atoms with Gasteiger partial charge in [0, 0.05) is 22.7 Å². The van der Waals surface area contributed by atoms with Gasteiger partial charge in [0.15, 0.2) is 0 Å². The van der Waals surface area contributed by atoms with Crippen molar-refractivity contribution in [3.63, 3.8) is 0 Å². The van der Waals surface area contributed by atoms with Gasteiger partial charge in [-0.3, -0.25) is 15.5 Å². The van der Waals surface area contributed by atoms with Crippen LogP contribution in [-0.4, -0.2) is 23.8 Å². The normalized spacial score (nSPS) is 15.6. The lowest BCUT2D eigenvalue weighted by molar-refractivity contribution is -0.115. The Morgan fingerprint density at radius 1 is 1.20 bits per heavy atom. The van der Waals surface area contributed by atoms with Crippen LogP contribution in [0, 0.1) is 5.41 Å². The van der Waals surface area contributed by atoms with Gasteiger partial charge < -0.3 is 9.64 Å². The van der Waals surface area contributed by atoms with Gasteiger partial charge in [-0.1, -0.05) is 41.4 Å². The molecule has 5 nitrogen and oxygen atoms in total.